The van der Waals surface area contributed by atoms with Crippen LogP contribution >= 0.6 is 12.4 Å². The van der Waals surface area contributed by atoms with Crippen LogP contribution in [0, 0.1) is 0 Å². The highest BCUT2D eigenvalue weighted by Gasteiger charge is 2.26. The highest BCUT2D eigenvalue weighted by molar-refractivity contribution is 5.85. The minimum atomic E-state index is -0.943. The monoisotopic (exact) mass is 396 g/mol. The summed E-state index contributed by atoms with van der Waals surface area (Å²) in [7, 11) is 0. The van der Waals surface area contributed by atoms with E-state index in [-0.39, 0.29) is 30.9 Å². The number of carboxylic acids is 1. The molecule has 0 spiro atoms. The molecule has 0 bridgehead atoms. The summed E-state index contributed by atoms with van der Waals surface area (Å²) in [5.41, 5.74) is 2.65. The molecule has 3 rings (SSSR count). The minimum absolute atomic E-state index is 0. The third kappa shape index (κ3) is 5.84. The number of rotatable bonds is 6. The van der Waals surface area contributed by atoms with Gasteiger partial charge in [-0.25, -0.2) is 0 Å². The second-order valence-electron chi connectivity index (χ2n) is 7.26. The van der Waals surface area contributed by atoms with E-state index in [0.717, 1.165) is 64.1 Å². The number of benzene rings is 1. The van der Waals surface area contributed by atoms with Gasteiger partial charge in [-0.2, -0.15) is 0 Å². The molecule has 1 saturated heterocycles. The molecule has 150 valence electrons. The summed E-state index contributed by atoms with van der Waals surface area (Å²) in [6, 6.07) is 6.51. The molecular formula is C20H29ClN2O4. The maximum absolute atomic E-state index is 11.8. The van der Waals surface area contributed by atoms with Gasteiger partial charge in [0.05, 0.1) is 6.61 Å². The van der Waals surface area contributed by atoms with Gasteiger partial charge in [-0.1, -0.05) is 12.1 Å². The van der Waals surface area contributed by atoms with Crippen LogP contribution in [-0.2, 0) is 22.4 Å². The first-order valence-electron chi connectivity index (χ1n) is 9.49. The molecule has 7 heteroatoms. The summed E-state index contributed by atoms with van der Waals surface area (Å²) in [4.78, 5) is 26.8. The number of ether oxygens (including phenoxy) is 1. The number of amides is 1. The van der Waals surface area contributed by atoms with Crippen molar-refractivity contribution < 1.29 is 19.4 Å². The molecule has 2 heterocycles. The van der Waals surface area contributed by atoms with E-state index in [2.05, 4.69) is 23.1 Å². The summed E-state index contributed by atoms with van der Waals surface area (Å²) in [5.74, 6) is -0.0674. The molecule has 6 nitrogen and oxygen atoms in total. The molecule has 0 aliphatic carbocycles. The van der Waals surface area contributed by atoms with Crippen LogP contribution in [0.5, 0.6) is 5.75 Å². The molecule has 0 radical (unpaired) electrons. The second-order valence-corrected chi connectivity index (χ2v) is 7.26. The Kier molecular flexibility index (Phi) is 7.92. The SMILES string of the molecule is CC(=O)N(CC(=O)O)C1CCCN(CCc2ccc3c(c2)CCO3)CC1.Cl. The molecule has 2 aliphatic rings. The van der Waals surface area contributed by atoms with Gasteiger partial charge in [0.1, 0.15) is 12.3 Å². The Bertz CT molecular complexity index is 667. The Morgan fingerprint density at radius 3 is 2.85 bits per heavy atom. The Labute approximate surface area is 166 Å². The van der Waals surface area contributed by atoms with Crippen molar-refractivity contribution in [2.45, 2.75) is 45.1 Å². The summed E-state index contributed by atoms with van der Waals surface area (Å²) < 4.78 is 5.56. The number of carbonyl (C=O) groups excluding carboxylic acids is 1. The van der Waals surface area contributed by atoms with Gasteiger partial charge in [0.25, 0.3) is 0 Å². The smallest absolute Gasteiger partial charge is 0.323 e. The van der Waals surface area contributed by atoms with Crippen LogP contribution in [0.1, 0.15) is 37.3 Å². The number of carbonyl (C=O) groups is 2. The molecule has 1 aromatic carbocycles. The predicted octanol–water partition coefficient (Wildman–Crippen LogP) is 2.37. The van der Waals surface area contributed by atoms with E-state index in [0.29, 0.717) is 0 Å². The summed E-state index contributed by atoms with van der Waals surface area (Å²) >= 11 is 0. The molecule has 1 unspecified atom stereocenters. The van der Waals surface area contributed by atoms with E-state index in [1.165, 1.54) is 23.0 Å². The van der Waals surface area contributed by atoms with Crippen molar-refractivity contribution in [1.82, 2.24) is 9.80 Å². The van der Waals surface area contributed by atoms with E-state index in [1.807, 2.05) is 0 Å². The molecule has 1 aromatic rings. The molecule has 1 fully saturated rings. The first kappa shape index (κ1) is 21.5. The number of carboxylic acid groups (broad SMARTS) is 1. The quantitative estimate of drug-likeness (QED) is 0.799. The van der Waals surface area contributed by atoms with Crippen molar-refractivity contribution in [2.75, 3.05) is 32.8 Å². The summed E-state index contributed by atoms with van der Waals surface area (Å²) in [5, 5.41) is 9.05. The van der Waals surface area contributed by atoms with E-state index in [9.17, 15) is 9.59 Å². The van der Waals surface area contributed by atoms with Crippen LogP contribution in [-0.4, -0.2) is 65.6 Å². The van der Waals surface area contributed by atoms with E-state index in [4.69, 9.17) is 9.84 Å². The fourth-order valence-corrected chi connectivity index (χ4v) is 4.00. The molecule has 2 aliphatic heterocycles. The maximum Gasteiger partial charge on any atom is 0.323 e. The fourth-order valence-electron chi connectivity index (χ4n) is 4.00. The number of halogens is 1. The number of fused-ring (bicyclic) bond motifs is 1. The minimum Gasteiger partial charge on any atom is -0.493 e. The van der Waals surface area contributed by atoms with E-state index >= 15 is 0 Å². The average molecular weight is 397 g/mol. The number of aliphatic carboxylic acids is 1. The van der Waals surface area contributed by atoms with Crippen molar-refractivity contribution in [1.29, 1.82) is 0 Å². The van der Waals surface area contributed by atoms with Gasteiger partial charge in [0.15, 0.2) is 0 Å². The Hall–Kier alpha value is -1.79. The molecule has 0 saturated carbocycles. The first-order valence-corrected chi connectivity index (χ1v) is 9.49. The van der Waals surface area contributed by atoms with Gasteiger partial charge < -0.3 is 19.6 Å². The zero-order chi connectivity index (χ0) is 18.5. The van der Waals surface area contributed by atoms with Crippen molar-refractivity contribution in [3.63, 3.8) is 0 Å². The van der Waals surface area contributed by atoms with Crippen molar-refractivity contribution in [2.24, 2.45) is 0 Å². The molecule has 1 N–H and O–H groups in total. The van der Waals surface area contributed by atoms with Crippen LogP contribution < -0.4 is 4.74 Å². The molecule has 1 atom stereocenters. The highest BCUT2D eigenvalue weighted by Crippen LogP contribution is 2.26. The summed E-state index contributed by atoms with van der Waals surface area (Å²) in [6.07, 6.45) is 4.71. The lowest BCUT2D eigenvalue weighted by atomic mass is 10.1. The standard InChI is InChI=1S/C20H28N2O4.ClH/c1-15(23)22(14-20(24)25)18-3-2-9-21(11-7-18)10-6-16-4-5-19-17(13-16)8-12-26-19;/h4-5,13,18H,2-3,6-12,14H2,1H3,(H,24,25);1H. The number of likely N-dealkylation sites (tertiary alicyclic amines) is 1. The first-order chi connectivity index (χ1) is 12.5. The van der Waals surface area contributed by atoms with Gasteiger partial charge in [-0.15, -0.1) is 12.4 Å². The topological polar surface area (TPSA) is 70.1 Å². The van der Waals surface area contributed by atoms with Gasteiger partial charge in [-0.3, -0.25) is 9.59 Å². The number of hydrogen-bond donors (Lipinski definition) is 1. The van der Waals surface area contributed by atoms with Crippen LogP contribution in [0.25, 0.3) is 0 Å². The fraction of sp³-hybridized carbons (Fsp3) is 0.600. The van der Waals surface area contributed by atoms with Gasteiger partial charge in [0.2, 0.25) is 5.91 Å². The Morgan fingerprint density at radius 1 is 1.30 bits per heavy atom. The zero-order valence-electron chi connectivity index (χ0n) is 15.9. The third-order valence-corrected chi connectivity index (χ3v) is 5.41. The van der Waals surface area contributed by atoms with Crippen molar-refractivity contribution in [3.8, 4) is 5.75 Å². The van der Waals surface area contributed by atoms with Crippen LogP contribution in [0.4, 0.5) is 0 Å². The van der Waals surface area contributed by atoms with Crippen LogP contribution in [0.15, 0.2) is 18.2 Å². The second kappa shape index (κ2) is 9.95. The lowest BCUT2D eigenvalue weighted by Crippen LogP contribution is -2.42. The van der Waals surface area contributed by atoms with Crippen molar-refractivity contribution >= 4 is 24.3 Å². The highest BCUT2D eigenvalue weighted by atomic mass is 35.5. The van der Waals surface area contributed by atoms with Crippen LogP contribution in [0.3, 0.4) is 0 Å². The Morgan fingerprint density at radius 2 is 2.11 bits per heavy atom. The van der Waals surface area contributed by atoms with Gasteiger partial charge >= 0.3 is 5.97 Å². The van der Waals surface area contributed by atoms with E-state index < -0.39 is 5.97 Å². The number of nitrogens with zero attached hydrogens (tertiary/aromatic N) is 2. The predicted molar refractivity (Wildman–Crippen MR) is 106 cm³/mol. The molecule has 27 heavy (non-hydrogen) atoms. The molecular weight excluding hydrogens is 368 g/mol. The van der Waals surface area contributed by atoms with Crippen LogP contribution in [0.2, 0.25) is 0 Å². The lowest BCUT2D eigenvalue weighted by Gasteiger charge is -2.29. The molecule has 1 amide bonds. The molecule has 0 aromatic heterocycles. The van der Waals surface area contributed by atoms with Crippen molar-refractivity contribution in [3.05, 3.63) is 29.3 Å². The number of hydrogen-bond acceptors (Lipinski definition) is 4. The van der Waals surface area contributed by atoms with Gasteiger partial charge in [0, 0.05) is 32.5 Å². The zero-order valence-corrected chi connectivity index (χ0v) is 16.7. The van der Waals surface area contributed by atoms with E-state index in [1.54, 1.807) is 0 Å². The third-order valence-electron chi connectivity index (χ3n) is 5.41. The maximum atomic E-state index is 11.8. The average Bonchev–Trinajstić information content (AvgIpc) is 2.94. The Balaban J connectivity index is 0.00000261. The lowest BCUT2D eigenvalue weighted by molar-refractivity contribution is -0.145. The summed E-state index contributed by atoms with van der Waals surface area (Å²) in [6.45, 7) is 4.95. The largest absolute Gasteiger partial charge is 0.493 e. The normalized spacial score (nSPS) is 19.4. The van der Waals surface area contributed by atoms with Gasteiger partial charge in [-0.05, 0) is 49.4 Å².